The summed E-state index contributed by atoms with van der Waals surface area (Å²) in [4.78, 5) is 12.4. The molecule has 0 N–H and O–H groups in total. The Labute approximate surface area is 131 Å². The van der Waals surface area contributed by atoms with Crippen LogP contribution in [-0.4, -0.2) is 24.1 Å². The SMILES string of the molecule is COCCn1c(-c2ccc(C)cc2)cc2c1CC(C)CC2=O. The van der Waals surface area contributed by atoms with Gasteiger partial charge in [0.25, 0.3) is 0 Å². The summed E-state index contributed by atoms with van der Waals surface area (Å²) in [7, 11) is 1.72. The van der Waals surface area contributed by atoms with Crippen molar-refractivity contribution in [2.45, 2.75) is 33.2 Å². The zero-order chi connectivity index (χ0) is 15.7. The number of hydrogen-bond donors (Lipinski definition) is 0. The van der Waals surface area contributed by atoms with Gasteiger partial charge in [-0.1, -0.05) is 36.8 Å². The first kappa shape index (κ1) is 15.0. The highest BCUT2D eigenvalue weighted by molar-refractivity contribution is 5.99. The molecule has 22 heavy (non-hydrogen) atoms. The first-order chi connectivity index (χ1) is 10.6. The van der Waals surface area contributed by atoms with Gasteiger partial charge in [-0.15, -0.1) is 0 Å². The minimum atomic E-state index is 0.276. The minimum Gasteiger partial charge on any atom is -0.383 e. The second-order valence-electron chi connectivity index (χ2n) is 6.34. The minimum absolute atomic E-state index is 0.276. The molecule has 1 aliphatic rings. The second-order valence-corrected chi connectivity index (χ2v) is 6.34. The van der Waals surface area contributed by atoms with Crippen molar-refractivity contribution in [1.29, 1.82) is 0 Å². The number of carbonyl (C=O) groups excluding carboxylic acids is 1. The van der Waals surface area contributed by atoms with Gasteiger partial charge in [0, 0.05) is 37.0 Å². The Hall–Kier alpha value is -1.87. The Morgan fingerprint density at radius 1 is 1.23 bits per heavy atom. The van der Waals surface area contributed by atoms with E-state index in [1.54, 1.807) is 7.11 Å². The van der Waals surface area contributed by atoms with Crippen molar-refractivity contribution in [3.63, 3.8) is 0 Å². The van der Waals surface area contributed by atoms with Crippen LogP contribution in [-0.2, 0) is 17.7 Å². The van der Waals surface area contributed by atoms with Crippen LogP contribution in [0, 0.1) is 12.8 Å². The number of fused-ring (bicyclic) bond motifs is 1. The van der Waals surface area contributed by atoms with Gasteiger partial charge in [0.05, 0.1) is 6.61 Å². The number of ether oxygens (including phenoxy) is 1. The summed E-state index contributed by atoms with van der Waals surface area (Å²) in [6.07, 6.45) is 1.63. The van der Waals surface area contributed by atoms with E-state index in [0.717, 1.165) is 29.8 Å². The van der Waals surface area contributed by atoms with E-state index < -0.39 is 0 Å². The van der Waals surface area contributed by atoms with Crippen molar-refractivity contribution in [3.8, 4) is 11.3 Å². The normalized spacial score (nSPS) is 17.6. The zero-order valence-electron chi connectivity index (χ0n) is 13.6. The molecule has 116 valence electrons. The molecular formula is C19H23NO2. The van der Waals surface area contributed by atoms with Gasteiger partial charge in [0.2, 0.25) is 0 Å². The van der Waals surface area contributed by atoms with Crippen molar-refractivity contribution in [2.24, 2.45) is 5.92 Å². The monoisotopic (exact) mass is 297 g/mol. The summed E-state index contributed by atoms with van der Waals surface area (Å²) in [6.45, 7) is 5.68. The molecule has 0 spiro atoms. The molecule has 1 aromatic carbocycles. The van der Waals surface area contributed by atoms with Gasteiger partial charge in [0.15, 0.2) is 5.78 Å². The Morgan fingerprint density at radius 3 is 2.64 bits per heavy atom. The predicted molar refractivity (Wildman–Crippen MR) is 88.3 cm³/mol. The van der Waals surface area contributed by atoms with Crippen molar-refractivity contribution < 1.29 is 9.53 Å². The van der Waals surface area contributed by atoms with E-state index in [-0.39, 0.29) is 5.78 Å². The van der Waals surface area contributed by atoms with Crippen LogP contribution in [0.5, 0.6) is 0 Å². The van der Waals surface area contributed by atoms with Crippen LogP contribution in [0.15, 0.2) is 30.3 Å². The average molecular weight is 297 g/mol. The lowest BCUT2D eigenvalue weighted by atomic mass is 9.88. The van der Waals surface area contributed by atoms with Crippen LogP contribution in [0.1, 0.15) is 35.0 Å². The summed E-state index contributed by atoms with van der Waals surface area (Å²) < 4.78 is 7.54. The smallest absolute Gasteiger partial charge is 0.164 e. The number of aryl methyl sites for hydroxylation is 1. The fourth-order valence-corrected chi connectivity index (χ4v) is 3.28. The third-order valence-corrected chi connectivity index (χ3v) is 4.45. The molecule has 1 aromatic heterocycles. The average Bonchev–Trinajstić information content (AvgIpc) is 2.85. The standard InChI is InChI=1S/C19H23NO2/c1-13-4-6-15(7-5-13)17-12-16-18(20(17)8-9-22-3)10-14(2)11-19(16)21/h4-7,12,14H,8-11H2,1-3H3. The molecule has 1 aliphatic carbocycles. The molecule has 0 fully saturated rings. The lowest BCUT2D eigenvalue weighted by Crippen LogP contribution is -2.20. The molecule has 0 saturated heterocycles. The highest BCUT2D eigenvalue weighted by Gasteiger charge is 2.27. The van der Waals surface area contributed by atoms with Gasteiger partial charge in [-0.05, 0) is 30.9 Å². The maximum Gasteiger partial charge on any atom is 0.164 e. The summed E-state index contributed by atoms with van der Waals surface area (Å²) in [5, 5.41) is 0. The fourth-order valence-electron chi connectivity index (χ4n) is 3.28. The number of aromatic nitrogens is 1. The number of hydrogen-bond acceptors (Lipinski definition) is 2. The van der Waals surface area contributed by atoms with Gasteiger partial charge >= 0.3 is 0 Å². The number of methoxy groups -OCH3 is 1. The van der Waals surface area contributed by atoms with Gasteiger partial charge < -0.3 is 9.30 Å². The lowest BCUT2D eigenvalue weighted by molar-refractivity contribution is 0.0951. The number of Topliss-reactive ketones (excluding diaryl/α,β-unsaturated/α-hetero) is 1. The van der Waals surface area contributed by atoms with Crippen molar-refractivity contribution in [3.05, 3.63) is 47.2 Å². The Bertz CT molecular complexity index is 682. The molecule has 1 unspecified atom stereocenters. The van der Waals surface area contributed by atoms with Crippen molar-refractivity contribution >= 4 is 5.78 Å². The van der Waals surface area contributed by atoms with E-state index in [1.165, 1.54) is 11.3 Å². The van der Waals surface area contributed by atoms with Gasteiger partial charge in [-0.2, -0.15) is 0 Å². The molecule has 1 atom stereocenters. The molecule has 3 rings (SSSR count). The summed E-state index contributed by atoms with van der Waals surface area (Å²) >= 11 is 0. The summed E-state index contributed by atoms with van der Waals surface area (Å²) in [5.41, 5.74) is 5.62. The van der Waals surface area contributed by atoms with Crippen LogP contribution in [0.3, 0.4) is 0 Å². The molecule has 0 bridgehead atoms. The van der Waals surface area contributed by atoms with Crippen molar-refractivity contribution in [2.75, 3.05) is 13.7 Å². The van der Waals surface area contributed by atoms with Gasteiger partial charge in [0.1, 0.15) is 0 Å². The van der Waals surface area contributed by atoms with E-state index in [1.807, 2.05) is 0 Å². The maximum absolute atomic E-state index is 12.4. The van der Waals surface area contributed by atoms with Gasteiger partial charge in [-0.3, -0.25) is 4.79 Å². The van der Waals surface area contributed by atoms with E-state index in [4.69, 9.17) is 4.74 Å². The highest BCUT2D eigenvalue weighted by Crippen LogP contribution is 2.33. The van der Waals surface area contributed by atoms with Crippen LogP contribution < -0.4 is 0 Å². The number of ketones is 1. The molecular weight excluding hydrogens is 274 g/mol. The number of rotatable bonds is 4. The Morgan fingerprint density at radius 2 is 1.95 bits per heavy atom. The number of nitrogens with zero attached hydrogens (tertiary/aromatic N) is 1. The second kappa shape index (κ2) is 6.09. The quantitative estimate of drug-likeness (QED) is 0.857. The molecule has 0 radical (unpaired) electrons. The van der Waals surface area contributed by atoms with Crippen LogP contribution >= 0.6 is 0 Å². The third kappa shape index (κ3) is 2.73. The molecule has 1 heterocycles. The molecule has 0 aliphatic heterocycles. The molecule has 3 heteroatoms. The molecule has 0 amide bonds. The first-order valence-corrected chi connectivity index (χ1v) is 7.91. The van der Waals surface area contributed by atoms with Gasteiger partial charge in [-0.25, -0.2) is 0 Å². The third-order valence-electron chi connectivity index (χ3n) is 4.45. The highest BCUT2D eigenvalue weighted by atomic mass is 16.5. The van der Waals surface area contributed by atoms with Crippen LogP contribution in [0.4, 0.5) is 0 Å². The summed E-state index contributed by atoms with van der Waals surface area (Å²) in [6, 6.07) is 10.6. The topological polar surface area (TPSA) is 31.2 Å². The van der Waals surface area contributed by atoms with Crippen molar-refractivity contribution in [1.82, 2.24) is 4.57 Å². The Balaban J connectivity index is 2.10. The largest absolute Gasteiger partial charge is 0.383 e. The Kier molecular flexibility index (Phi) is 4.16. The zero-order valence-corrected chi connectivity index (χ0v) is 13.6. The molecule has 3 nitrogen and oxygen atoms in total. The van der Waals surface area contributed by atoms with E-state index in [0.29, 0.717) is 18.9 Å². The van der Waals surface area contributed by atoms with Crippen LogP contribution in [0.25, 0.3) is 11.3 Å². The molecule has 2 aromatic rings. The van der Waals surface area contributed by atoms with E-state index >= 15 is 0 Å². The van der Waals surface area contributed by atoms with E-state index in [9.17, 15) is 4.79 Å². The van der Waals surface area contributed by atoms with Crippen LogP contribution in [0.2, 0.25) is 0 Å². The first-order valence-electron chi connectivity index (χ1n) is 7.91. The maximum atomic E-state index is 12.4. The predicted octanol–water partition coefficient (Wildman–Crippen LogP) is 3.87. The summed E-state index contributed by atoms with van der Waals surface area (Å²) in [5.74, 6) is 0.695. The lowest BCUT2D eigenvalue weighted by Gasteiger charge is -2.21. The number of benzene rings is 1. The van der Waals surface area contributed by atoms with E-state index in [2.05, 4.69) is 48.7 Å². The molecule has 0 saturated carbocycles. The fraction of sp³-hybridized carbons (Fsp3) is 0.421. The number of carbonyl (C=O) groups is 1.